The minimum atomic E-state index is -6.19. The third kappa shape index (κ3) is 10.5. The van der Waals surface area contributed by atoms with Crippen molar-refractivity contribution < 1.29 is 109 Å². The number of rotatable bonds is 18. The van der Waals surface area contributed by atoms with E-state index in [2.05, 4.69) is 53.0 Å². The van der Waals surface area contributed by atoms with Crippen LogP contribution in [-0.4, -0.2) is 173 Å². The van der Waals surface area contributed by atoms with E-state index < -0.39 is 136 Å². The molecule has 0 radical (unpaired) electrons. The summed E-state index contributed by atoms with van der Waals surface area (Å²) in [6.45, 7) is -3.45. The van der Waals surface area contributed by atoms with Crippen LogP contribution in [-0.2, 0) is 66.2 Å². The van der Waals surface area contributed by atoms with E-state index in [1.165, 1.54) is 17.9 Å². The first-order chi connectivity index (χ1) is 34.6. The largest absolute Gasteiger partial charge is 0.490 e. The predicted molar refractivity (Wildman–Crippen MR) is 234 cm³/mol. The maximum atomic E-state index is 13.5. The van der Waals surface area contributed by atoms with Crippen LogP contribution in [0.3, 0.4) is 0 Å². The average molecular weight is 1130 g/mol. The van der Waals surface area contributed by atoms with Gasteiger partial charge in [0, 0.05) is 0 Å². The van der Waals surface area contributed by atoms with E-state index in [0.29, 0.717) is 0 Å². The van der Waals surface area contributed by atoms with Crippen molar-refractivity contribution in [1.82, 2.24) is 53.6 Å². The number of ether oxygens (including phenoxy) is 3. The molecule has 9 rings (SSSR count). The number of nitrogens with one attached hydrogen (secondary N) is 2. The maximum absolute atomic E-state index is 13.5. The average Bonchev–Trinajstić information content (AvgIpc) is 4.15. The van der Waals surface area contributed by atoms with Crippen molar-refractivity contribution in [1.29, 1.82) is 0 Å². The molecule has 9 heterocycles. The van der Waals surface area contributed by atoms with E-state index in [1.54, 1.807) is 0 Å². The number of imidazole rings is 3. The quantitative estimate of drug-likeness (QED) is 0.0282. The van der Waals surface area contributed by atoms with Crippen molar-refractivity contribution in [3.05, 3.63) is 46.0 Å². The molecule has 404 valence electrons. The Bertz CT molecular complexity index is 3450. The minimum absolute atomic E-state index is 0.0264. The second-order valence-corrected chi connectivity index (χ2v) is 22.3. The fraction of sp³-hybridized carbons (Fsp3) is 0.516. The van der Waals surface area contributed by atoms with Crippen LogP contribution < -0.4 is 32.9 Å². The maximum Gasteiger partial charge on any atom is 0.490 e. The van der Waals surface area contributed by atoms with E-state index in [-0.39, 0.29) is 51.2 Å². The van der Waals surface area contributed by atoms with Crippen LogP contribution >= 0.6 is 31.3 Å². The molecule has 16 atom stereocenters. The van der Waals surface area contributed by atoms with Crippen molar-refractivity contribution in [3.8, 4) is 0 Å². The number of phosphoric ester groups is 3. The van der Waals surface area contributed by atoms with Crippen molar-refractivity contribution in [2.45, 2.75) is 73.6 Å². The molecule has 0 saturated carbocycles. The van der Waals surface area contributed by atoms with Gasteiger partial charge in [0.2, 0.25) is 17.7 Å². The Morgan fingerprint density at radius 2 is 1.19 bits per heavy atom. The van der Waals surface area contributed by atoms with Gasteiger partial charge in [0.15, 0.2) is 41.4 Å². The lowest BCUT2D eigenvalue weighted by atomic mass is 10.1. The Hall–Kier alpha value is -5.15. The smallest absolute Gasteiger partial charge is 0.387 e. The summed E-state index contributed by atoms with van der Waals surface area (Å²) in [5, 5.41) is 54.4. The highest BCUT2D eigenvalue weighted by molar-refractivity contribution is 7.66. The van der Waals surface area contributed by atoms with Crippen molar-refractivity contribution in [2.24, 2.45) is 7.05 Å². The zero-order valence-corrected chi connectivity index (χ0v) is 40.6. The summed E-state index contributed by atoms with van der Waals surface area (Å²) < 4.78 is 102. The van der Waals surface area contributed by atoms with Crippen LogP contribution in [0.15, 0.2) is 34.9 Å². The first kappa shape index (κ1) is 53.7. The van der Waals surface area contributed by atoms with Crippen molar-refractivity contribution in [3.63, 3.8) is 0 Å². The summed E-state index contributed by atoms with van der Waals surface area (Å²) in [5.41, 5.74) is 15.1. The summed E-state index contributed by atoms with van der Waals surface area (Å²) in [4.78, 5) is 94.8. The highest BCUT2D eigenvalue weighted by Gasteiger charge is 2.53. The standard InChI is InChI=1S/C31H41N15O24P4/c1-43-8-46(24-14(43)26(53)42-31(34)40-24)28-19(51)16(48)10(66-28)3-63-72(56,57)69-74(60,61)70-73(58,59)64-4-11-17(49)20(29(67-11)44-6-37-12-21(32)35-5-36-22(12)44)68-71(54,55)62-2-9-15(47)18(50)27(65-9)45-7-38-13-23(45)39-30(33)41-25(13)52/h5-11,15-20,27-29,47-51H,2-4H2,1H3,(H11-,32,33,34,35,36,39,40,41,42,52,53,54,55,56,57,58,59,60,61)/p+1/t9-,10-,11-,15-,16-,17-,18-,19-,20-,27-,28-,29-/m1/s1. The number of fused-ring (bicyclic) bond motifs is 3. The molecule has 0 amide bonds. The number of aryl methyl sites for hydroxylation is 1. The Labute approximate surface area is 408 Å². The monoisotopic (exact) mass is 1130 g/mol. The van der Waals surface area contributed by atoms with Gasteiger partial charge < -0.3 is 76.5 Å². The number of aliphatic hydroxyl groups excluding tert-OH is 5. The van der Waals surface area contributed by atoms with Crippen LogP contribution in [0.1, 0.15) is 18.7 Å². The predicted octanol–water partition coefficient (Wildman–Crippen LogP) is -5.36. The zero-order valence-electron chi connectivity index (χ0n) is 37.0. The number of anilines is 3. The highest BCUT2D eigenvalue weighted by Crippen LogP contribution is 2.68. The molecule has 0 bridgehead atoms. The molecule has 3 aliphatic heterocycles. The van der Waals surface area contributed by atoms with E-state index in [4.69, 9.17) is 45.0 Å². The number of aromatic nitrogens is 12. The summed E-state index contributed by atoms with van der Waals surface area (Å²) >= 11 is 0. The molecule has 3 aliphatic rings. The fourth-order valence-corrected chi connectivity index (χ4v) is 12.5. The van der Waals surface area contributed by atoms with Gasteiger partial charge in [0.1, 0.15) is 66.8 Å². The third-order valence-corrected chi connectivity index (χ3v) is 16.5. The zero-order chi connectivity index (χ0) is 53.6. The molecule has 17 N–H and O–H groups in total. The molecule has 6 aromatic heterocycles. The molecule has 3 saturated heterocycles. The normalized spacial score (nSPS) is 30.7. The molecule has 4 unspecified atom stereocenters. The molecule has 0 aromatic carbocycles. The number of hydrogen-bond acceptors (Lipinski definition) is 29. The summed E-state index contributed by atoms with van der Waals surface area (Å²) in [6.07, 6.45) is -17.2. The van der Waals surface area contributed by atoms with Gasteiger partial charge in [0.25, 0.3) is 17.1 Å². The molecular formula is C31H42N15O24P4+. The van der Waals surface area contributed by atoms with Crippen molar-refractivity contribution >= 4 is 82.5 Å². The van der Waals surface area contributed by atoms with Gasteiger partial charge in [-0.2, -0.15) is 13.6 Å². The van der Waals surface area contributed by atoms with E-state index in [9.17, 15) is 73.0 Å². The molecule has 3 fully saturated rings. The fourth-order valence-electron chi connectivity index (χ4n) is 8.04. The van der Waals surface area contributed by atoms with Gasteiger partial charge in [-0.3, -0.25) is 51.4 Å². The number of nitrogens with zero attached hydrogens (tertiary/aromatic N) is 10. The van der Waals surface area contributed by atoms with E-state index >= 15 is 0 Å². The lowest BCUT2D eigenvalue weighted by molar-refractivity contribution is -0.745. The number of aromatic amines is 2. The Morgan fingerprint density at radius 1 is 0.649 bits per heavy atom. The molecule has 0 aliphatic carbocycles. The number of aliphatic hydroxyl groups is 5. The number of phosphoric acid groups is 4. The lowest BCUT2D eigenvalue weighted by Crippen LogP contribution is -2.46. The first-order valence-electron chi connectivity index (χ1n) is 20.8. The molecule has 43 heteroatoms. The van der Waals surface area contributed by atoms with Gasteiger partial charge in [-0.25, -0.2) is 42.8 Å². The minimum Gasteiger partial charge on any atom is -0.387 e. The number of nitrogens with two attached hydrogens (primary N) is 3. The van der Waals surface area contributed by atoms with Crippen LogP contribution in [0.4, 0.5) is 17.7 Å². The van der Waals surface area contributed by atoms with Gasteiger partial charge in [-0.05, 0) is 0 Å². The number of nitrogen functional groups attached to an aromatic ring is 3. The van der Waals surface area contributed by atoms with Crippen LogP contribution in [0.25, 0.3) is 33.5 Å². The molecular weight excluding hydrogens is 1090 g/mol. The van der Waals surface area contributed by atoms with E-state index in [1.807, 2.05) is 0 Å². The molecule has 6 aromatic rings. The molecule has 74 heavy (non-hydrogen) atoms. The molecule has 0 spiro atoms. The van der Waals surface area contributed by atoms with Crippen LogP contribution in [0.5, 0.6) is 0 Å². The SMILES string of the molecule is Cn1c[n+]([C@@H]2O[C@H](COP(=O)(O)OP(=O)(O)OP(=O)(O)OC[C@H]3O[C@@H](n4cnc5c(N)ncnc54)[C@H](OP(=O)(O)OC[C@H]4O[C@@H](n5cnc6c(=O)[nH]c(N)nc65)[C@H](O)[C@@H]4O)[C@@H]3O)[C@@H](O)[C@H]2O)c2nc(N)[nH]c(=O)c21. The second kappa shape index (κ2) is 19.8. The topological polar surface area (TPSA) is 573 Å². The Morgan fingerprint density at radius 3 is 1.85 bits per heavy atom. The summed E-state index contributed by atoms with van der Waals surface area (Å²) in [5.74, 6) is -0.790. The Balaban J connectivity index is 0.836. The summed E-state index contributed by atoms with van der Waals surface area (Å²) in [7, 11) is -22.0. The van der Waals surface area contributed by atoms with Crippen LogP contribution in [0.2, 0.25) is 0 Å². The van der Waals surface area contributed by atoms with Crippen molar-refractivity contribution in [2.75, 3.05) is 37.0 Å². The first-order valence-corrected chi connectivity index (χ1v) is 26.7. The highest BCUT2D eigenvalue weighted by atomic mass is 31.3. The Kier molecular flexibility index (Phi) is 14.3. The van der Waals surface area contributed by atoms with Gasteiger partial charge in [0.05, 0.1) is 39.5 Å². The summed E-state index contributed by atoms with van der Waals surface area (Å²) in [6, 6.07) is 0. The lowest BCUT2D eigenvalue weighted by Gasteiger charge is -2.25. The van der Waals surface area contributed by atoms with E-state index in [0.717, 1.165) is 32.7 Å². The third-order valence-electron chi connectivity index (χ3n) is 11.3. The van der Waals surface area contributed by atoms with Crippen LogP contribution in [0, 0.1) is 0 Å². The van der Waals surface area contributed by atoms with Gasteiger partial charge >= 0.3 is 36.9 Å². The second-order valence-electron chi connectivity index (χ2n) is 16.3. The van der Waals surface area contributed by atoms with Gasteiger partial charge in [-0.1, -0.05) is 4.98 Å². The molecule has 39 nitrogen and oxygen atoms in total. The van der Waals surface area contributed by atoms with Gasteiger partial charge in [-0.15, -0.1) is 0 Å². The number of H-pyrrole nitrogens is 2. The number of hydrogen-bond donors (Lipinski definition) is 14.